The maximum absolute atomic E-state index is 2.42. The Morgan fingerprint density at radius 2 is 1.46 bits per heavy atom. The van der Waals surface area contributed by atoms with Crippen molar-refractivity contribution in [3.8, 4) is 0 Å². The zero-order valence-electron chi connectivity index (χ0n) is 16.8. The van der Waals surface area contributed by atoms with Crippen molar-refractivity contribution in [2.75, 3.05) is 0 Å². The van der Waals surface area contributed by atoms with E-state index in [1.54, 1.807) is 11.1 Å². The summed E-state index contributed by atoms with van der Waals surface area (Å²) in [5.74, 6) is 1.64. The van der Waals surface area contributed by atoms with Gasteiger partial charge in [0.25, 0.3) is 0 Å². The van der Waals surface area contributed by atoms with Gasteiger partial charge in [0.1, 0.15) is 0 Å². The van der Waals surface area contributed by atoms with Crippen molar-refractivity contribution in [1.29, 1.82) is 0 Å². The number of fused-ring (bicyclic) bond motifs is 1. The molecule has 1 fully saturated rings. The summed E-state index contributed by atoms with van der Waals surface area (Å²) < 4.78 is 0. The summed E-state index contributed by atoms with van der Waals surface area (Å²) in [4.78, 5) is 0. The number of rotatable bonds is 2. The molecule has 0 aliphatic heterocycles. The summed E-state index contributed by atoms with van der Waals surface area (Å²) in [7, 11) is 0. The Labute approximate surface area is 159 Å². The standard InChI is InChI=1S/C26H32/c1-18-9-11-20(12-10-18)25-23-8-6-5-7-21(23)17-24(25)19-13-15-22(16-14-19)26(2,3)4/h5-8,13-16,18,20H,9-12,17H2,1-4H3. The molecular formula is C26H32. The molecule has 26 heavy (non-hydrogen) atoms. The van der Waals surface area contributed by atoms with Gasteiger partial charge >= 0.3 is 0 Å². The Hall–Kier alpha value is -1.82. The second kappa shape index (κ2) is 6.72. The molecule has 0 spiro atoms. The summed E-state index contributed by atoms with van der Waals surface area (Å²) >= 11 is 0. The molecule has 2 aromatic rings. The van der Waals surface area contributed by atoms with Crippen LogP contribution in [0, 0.1) is 11.8 Å². The topological polar surface area (TPSA) is 0 Å². The van der Waals surface area contributed by atoms with Crippen molar-refractivity contribution in [3.05, 3.63) is 70.8 Å². The molecular weight excluding hydrogens is 312 g/mol. The molecule has 0 heteroatoms. The minimum atomic E-state index is 0.216. The lowest BCUT2D eigenvalue weighted by atomic mass is 9.76. The molecule has 0 bridgehead atoms. The lowest BCUT2D eigenvalue weighted by Crippen LogP contribution is -2.14. The minimum Gasteiger partial charge on any atom is -0.0625 e. The molecule has 4 rings (SSSR count). The Morgan fingerprint density at radius 3 is 2.12 bits per heavy atom. The molecule has 0 heterocycles. The van der Waals surface area contributed by atoms with Crippen molar-refractivity contribution >= 4 is 11.1 Å². The van der Waals surface area contributed by atoms with Crippen LogP contribution in [-0.2, 0) is 11.8 Å². The van der Waals surface area contributed by atoms with E-state index in [0.717, 1.165) is 18.3 Å². The van der Waals surface area contributed by atoms with Crippen molar-refractivity contribution in [2.24, 2.45) is 11.8 Å². The van der Waals surface area contributed by atoms with Gasteiger partial charge in [-0.3, -0.25) is 0 Å². The Kier molecular flexibility index (Phi) is 4.55. The molecule has 2 aliphatic carbocycles. The number of hydrogen-bond acceptors (Lipinski definition) is 0. The number of allylic oxidation sites excluding steroid dienone is 2. The van der Waals surface area contributed by atoms with E-state index < -0.39 is 0 Å². The van der Waals surface area contributed by atoms with Crippen LogP contribution in [0.5, 0.6) is 0 Å². The largest absolute Gasteiger partial charge is 0.0625 e. The van der Waals surface area contributed by atoms with Crippen molar-refractivity contribution in [2.45, 2.75) is 65.2 Å². The van der Waals surface area contributed by atoms with Crippen LogP contribution in [0.25, 0.3) is 11.1 Å². The van der Waals surface area contributed by atoms with Gasteiger partial charge in [-0.15, -0.1) is 0 Å². The first-order valence-electron chi connectivity index (χ1n) is 10.4. The van der Waals surface area contributed by atoms with Gasteiger partial charge in [0.2, 0.25) is 0 Å². The first-order valence-corrected chi connectivity index (χ1v) is 10.4. The zero-order valence-corrected chi connectivity index (χ0v) is 16.8. The number of benzene rings is 2. The summed E-state index contributed by atoms with van der Waals surface area (Å²) in [5.41, 5.74) is 9.38. The second-order valence-electron chi connectivity index (χ2n) is 9.51. The minimum absolute atomic E-state index is 0.216. The quantitative estimate of drug-likeness (QED) is 0.537. The molecule has 0 atom stereocenters. The van der Waals surface area contributed by atoms with E-state index in [1.807, 2.05) is 0 Å². The average Bonchev–Trinajstić information content (AvgIpc) is 3.01. The average molecular weight is 345 g/mol. The Balaban J connectivity index is 1.75. The highest BCUT2D eigenvalue weighted by molar-refractivity contribution is 5.97. The lowest BCUT2D eigenvalue weighted by Gasteiger charge is -2.29. The van der Waals surface area contributed by atoms with Crippen molar-refractivity contribution < 1.29 is 0 Å². The Morgan fingerprint density at radius 1 is 0.808 bits per heavy atom. The van der Waals surface area contributed by atoms with Gasteiger partial charge in [0.05, 0.1) is 0 Å². The van der Waals surface area contributed by atoms with E-state index in [1.165, 1.54) is 47.9 Å². The predicted octanol–water partition coefficient (Wildman–Crippen LogP) is 7.28. The van der Waals surface area contributed by atoms with Crippen LogP contribution in [0.2, 0.25) is 0 Å². The molecule has 2 aromatic carbocycles. The zero-order chi connectivity index (χ0) is 18.3. The number of hydrogen-bond donors (Lipinski definition) is 0. The van der Waals surface area contributed by atoms with E-state index in [9.17, 15) is 0 Å². The monoisotopic (exact) mass is 344 g/mol. The van der Waals surface area contributed by atoms with Gasteiger partial charge in [-0.05, 0) is 69.9 Å². The highest BCUT2D eigenvalue weighted by atomic mass is 14.3. The fraction of sp³-hybridized carbons (Fsp3) is 0.462. The molecule has 0 aromatic heterocycles. The van der Waals surface area contributed by atoms with Crippen LogP contribution in [0.1, 0.15) is 75.6 Å². The van der Waals surface area contributed by atoms with Crippen LogP contribution in [-0.4, -0.2) is 0 Å². The van der Waals surface area contributed by atoms with Crippen LogP contribution in [0.4, 0.5) is 0 Å². The molecule has 0 saturated heterocycles. The molecule has 0 amide bonds. The van der Waals surface area contributed by atoms with Gasteiger partial charge in [0, 0.05) is 0 Å². The summed E-state index contributed by atoms with van der Waals surface area (Å²) in [6, 6.07) is 18.5. The normalized spacial score (nSPS) is 23.2. The third kappa shape index (κ3) is 3.27. The molecule has 0 N–H and O–H groups in total. The van der Waals surface area contributed by atoms with E-state index in [2.05, 4.69) is 76.2 Å². The fourth-order valence-electron chi connectivity index (χ4n) is 4.83. The van der Waals surface area contributed by atoms with Gasteiger partial charge in [-0.1, -0.05) is 89.1 Å². The van der Waals surface area contributed by atoms with Gasteiger partial charge in [0.15, 0.2) is 0 Å². The maximum atomic E-state index is 2.42. The molecule has 1 saturated carbocycles. The molecule has 0 nitrogen and oxygen atoms in total. The summed E-state index contributed by atoms with van der Waals surface area (Å²) in [6.45, 7) is 9.29. The van der Waals surface area contributed by atoms with Crippen molar-refractivity contribution in [1.82, 2.24) is 0 Å². The first kappa shape index (κ1) is 17.6. The van der Waals surface area contributed by atoms with Gasteiger partial charge in [-0.2, -0.15) is 0 Å². The summed E-state index contributed by atoms with van der Waals surface area (Å²) in [6.07, 6.45) is 6.58. The maximum Gasteiger partial charge on any atom is -0.00107 e. The second-order valence-corrected chi connectivity index (χ2v) is 9.51. The third-order valence-electron chi connectivity index (χ3n) is 6.52. The van der Waals surface area contributed by atoms with Gasteiger partial charge in [-0.25, -0.2) is 0 Å². The highest BCUT2D eigenvalue weighted by Gasteiger charge is 2.30. The molecule has 2 aliphatic rings. The predicted molar refractivity (Wildman–Crippen MR) is 113 cm³/mol. The molecule has 136 valence electrons. The van der Waals surface area contributed by atoms with Crippen LogP contribution in [0.15, 0.2) is 48.5 Å². The van der Waals surface area contributed by atoms with Gasteiger partial charge < -0.3 is 0 Å². The van der Waals surface area contributed by atoms with Crippen LogP contribution < -0.4 is 0 Å². The van der Waals surface area contributed by atoms with E-state index in [0.29, 0.717) is 0 Å². The van der Waals surface area contributed by atoms with Crippen LogP contribution >= 0.6 is 0 Å². The van der Waals surface area contributed by atoms with Crippen LogP contribution in [0.3, 0.4) is 0 Å². The lowest BCUT2D eigenvalue weighted by molar-refractivity contribution is 0.338. The first-order chi connectivity index (χ1) is 12.4. The van der Waals surface area contributed by atoms with Crippen molar-refractivity contribution in [3.63, 3.8) is 0 Å². The highest BCUT2D eigenvalue weighted by Crippen LogP contribution is 2.47. The smallest absolute Gasteiger partial charge is 0.00107 e. The van der Waals surface area contributed by atoms with E-state index in [4.69, 9.17) is 0 Å². The SMILES string of the molecule is CC1CCC(C2=C(c3ccc(C(C)(C)C)cc3)Cc3ccccc32)CC1. The molecule has 0 radical (unpaired) electrons. The van der Waals surface area contributed by atoms with E-state index in [-0.39, 0.29) is 5.41 Å². The Bertz CT molecular complexity index is 806. The third-order valence-corrected chi connectivity index (χ3v) is 6.52. The van der Waals surface area contributed by atoms with E-state index >= 15 is 0 Å². The molecule has 0 unspecified atom stereocenters. The fourth-order valence-corrected chi connectivity index (χ4v) is 4.83. The summed E-state index contributed by atoms with van der Waals surface area (Å²) in [5, 5.41) is 0.